The molecule has 1 saturated heterocycles. The maximum Gasteiger partial charge on any atom is 0.245 e. The molecule has 1 aromatic rings. The highest BCUT2D eigenvalue weighted by Crippen LogP contribution is 2.26. The summed E-state index contributed by atoms with van der Waals surface area (Å²) in [6.07, 6.45) is 2.47. The number of sulfonamides is 1. The van der Waals surface area contributed by atoms with Crippen LogP contribution >= 0.6 is 0 Å². The van der Waals surface area contributed by atoms with Crippen molar-refractivity contribution in [3.05, 3.63) is 29.3 Å². The molecule has 142 valence electrons. The molecule has 2 amide bonds. The highest BCUT2D eigenvalue weighted by Gasteiger charge is 2.30. The van der Waals surface area contributed by atoms with Crippen LogP contribution in [0.5, 0.6) is 0 Å². The van der Waals surface area contributed by atoms with Crippen LogP contribution < -0.4 is 5.32 Å². The lowest BCUT2D eigenvalue weighted by molar-refractivity contribution is -0.136. The monoisotopic (exact) mass is 379 g/mol. The Morgan fingerprint density at radius 2 is 1.81 bits per heavy atom. The van der Waals surface area contributed by atoms with Gasteiger partial charge in [0.1, 0.15) is 6.04 Å². The second-order valence-electron chi connectivity index (χ2n) is 6.97. The predicted molar refractivity (Wildman–Crippen MR) is 96.8 cm³/mol. The molecule has 1 N–H and O–H groups in total. The van der Waals surface area contributed by atoms with E-state index in [0.29, 0.717) is 37.5 Å². The molecule has 2 aliphatic heterocycles. The molecule has 3 rings (SSSR count). The third-order valence-corrected chi connectivity index (χ3v) is 6.89. The van der Waals surface area contributed by atoms with Crippen molar-refractivity contribution in [3.8, 4) is 0 Å². The Morgan fingerprint density at radius 1 is 1.12 bits per heavy atom. The van der Waals surface area contributed by atoms with Gasteiger partial charge in [-0.25, -0.2) is 8.42 Å². The zero-order valence-corrected chi connectivity index (χ0v) is 16.0. The molecule has 1 atom stereocenters. The van der Waals surface area contributed by atoms with Crippen molar-refractivity contribution in [1.82, 2.24) is 14.5 Å². The van der Waals surface area contributed by atoms with E-state index in [-0.39, 0.29) is 11.8 Å². The summed E-state index contributed by atoms with van der Waals surface area (Å²) in [7, 11) is -3.47. The van der Waals surface area contributed by atoms with E-state index in [1.165, 1.54) is 11.2 Å². The second kappa shape index (κ2) is 7.36. The van der Waals surface area contributed by atoms with Crippen LogP contribution in [-0.4, -0.2) is 55.1 Å². The Labute approximate surface area is 154 Å². The summed E-state index contributed by atoms with van der Waals surface area (Å²) in [6, 6.07) is 4.64. The van der Waals surface area contributed by atoms with Crippen molar-refractivity contribution >= 4 is 21.8 Å². The lowest BCUT2D eigenvalue weighted by atomic mass is 9.99. The molecular weight excluding hydrogens is 354 g/mol. The average molecular weight is 379 g/mol. The number of hydrogen-bond donors (Lipinski definition) is 1. The molecule has 8 heteroatoms. The van der Waals surface area contributed by atoms with E-state index in [0.717, 1.165) is 24.0 Å². The maximum atomic E-state index is 12.8. The van der Waals surface area contributed by atoms with E-state index in [1.807, 2.05) is 6.07 Å². The molecule has 0 bridgehead atoms. The smallest absolute Gasteiger partial charge is 0.245 e. The van der Waals surface area contributed by atoms with Gasteiger partial charge in [0.15, 0.2) is 0 Å². The molecular formula is C18H25N3O4S. The topological polar surface area (TPSA) is 86.8 Å². The van der Waals surface area contributed by atoms with Gasteiger partial charge in [-0.1, -0.05) is 6.07 Å². The largest absolute Gasteiger partial charge is 0.345 e. The molecule has 1 fully saturated rings. The molecule has 2 heterocycles. The van der Waals surface area contributed by atoms with E-state index in [1.54, 1.807) is 24.0 Å². The van der Waals surface area contributed by atoms with Gasteiger partial charge < -0.3 is 10.2 Å². The van der Waals surface area contributed by atoms with Gasteiger partial charge in [-0.15, -0.1) is 0 Å². The van der Waals surface area contributed by atoms with Crippen molar-refractivity contribution in [2.75, 3.05) is 19.6 Å². The van der Waals surface area contributed by atoms with Crippen LogP contribution in [0.1, 0.15) is 37.8 Å². The summed E-state index contributed by atoms with van der Waals surface area (Å²) >= 11 is 0. The van der Waals surface area contributed by atoms with E-state index >= 15 is 0 Å². The SMILES string of the molecule is CC(=O)NC(C)C(=O)N1CCc2ccc(S(=O)(=O)N3CCCC3)cc2C1. The quantitative estimate of drug-likeness (QED) is 0.841. The Balaban J connectivity index is 1.80. The lowest BCUT2D eigenvalue weighted by Crippen LogP contribution is -2.47. The lowest BCUT2D eigenvalue weighted by Gasteiger charge is -2.31. The second-order valence-corrected chi connectivity index (χ2v) is 8.91. The van der Waals surface area contributed by atoms with Crippen molar-refractivity contribution in [2.45, 2.75) is 50.6 Å². The van der Waals surface area contributed by atoms with Crippen LogP contribution in [0, 0.1) is 0 Å². The number of carbonyl (C=O) groups is 2. The molecule has 26 heavy (non-hydrogen) atoms. The van der Waals surface area contributed by atoms with E-state index in [4.69, 9.17) is 0 Å². The van der Waals surface area contributed by atoms with Crippen LogP contribution in [0.2, 0.25) is 0 Å². The van der Waals surface area contributed by atoms with Crippen LogP contribution in [0.3, 0.4) is 0 Å². The number of carbonyl (C=O) groups excluding carboxylic acids is 2. The molecule has 0 saturated carbocycles. The van der Waals surface area contributed by atoms with Crippen LogP contribution in [0.4, 0.5) is 0 Å². The van der Waals surface area contributed by atoms with Gasteiger partial charge in [-0.2, -0.15) is 4.31 Å². The van der Waals surface area contributed by atoms with Gasteiger partial charge in [0, 0.05) is 33.1 Å². The fourth-order valence-corrected chi connectivity index (χ4v) is 5.17. The van der Waals surface area contributed by atoms with Crippen LogP contribution in [0.15, 0.2) is 23.1 Å². The Bertz CT molecular complexity index is 816. The number of amides is 2. The number of benzene rings is 1. The maximum absolute atomic E-state index is 12.8. The summed E-state index contributed by atoms with van der Waals surface area (Å²) < 4.78 is 27.1. The number of fused-ring (bicyclic) bond motifs is 1. The number of nitrogens with one attached hydrogen (secondary N) is 1. The summed E-state index contributed by atoms with van der Waals surface area (Å²) in [5.74, 6) is -0.402. The minimum atomic E-state index is -3.47. The summed E-state index contributed by atoms with van der Waals surface area (Å²) in [5, 5.41) is 2.60. The molecule has 1 aromatic carbocycles. The van der Waals surface area contributed by atoms with Gasteiger partial charge in [-0.3, -0.25) is 9.59 Å². The zero-order valence-electron chi connectivity index (χ0n) is 15.2. The van der Waals surface area contributed by atoms with Crippen LogP contribution in [-0.2, 0) is 32.6 Å². The first-order valence-corrected chi connectivity index (χ1v) is 10.4. The number of hydrogen-bond acceptors (Lipinski definition) is 4. The van der Waals surface area contributed by atoms with Gasteiger partial charge in [0.2, 0.25) is 21.8 Å². The normalized spacial score (nSPS) is 19.1. The minimum absolute atomic E-state index is 0.154. The summed E-state index contributed by atoms with van der Waals surface area (Å²) in [4.78, 5) is 25.7. The molecule has 1 unspecified atom stereocenters. The third kappa shape index (κ3) is 3.76. The van der Waals surface area contributed by atoms with Gasteiger partial charge in [0.05, 0.1) is 4.90 Å². The van der Waals surface area contributed by atoms with Gasteiger partial charge in [0.25, 0.3) is 0 Å². The fourth-order valence-electron chi connectivity index (χ4n) is 3.60. The molecule has 0 spiro atoms. The fraction of sp³-hybridized carbons (Fsp3) is 0.556. The number of nitrogens with zero attached hydrogens (tertiary/aromatic N) is 2. The van der Waals surface area contributed by atoms with Crippen molar-refractivity contribution in [1.29, 1.82) is 0 Å². The Hall–Kier alpha value is -1.93. The average Bonchev–Trinajstić information content (AvgIpc) is 3.15. The van der Waals surface area contributed by atoms with E-state index < -0.39 is 16.1 Å². The molecule has 0 aromatic heterocycles. The van der Waals surface area contributed by atoms with E-state index in [9.17, 15) is 18.0 Å². The molecule has 0 aliphatic carbocycles. The van der Waals surface area contributed by atoms with Crippen molar-refractivity contribution in [3.63, 3.8) is 0 Å². The predicted octanol–water partition coefficient (Wildman–Crippen LogP) is 0.880. The first kappa shape index (κ1) is 18.8. The number of rotatable bonds is 4. The standard InChI is InChI=1S/C18H25N3O4S/c1-13(19-14(2)22)18(23)20-10-7-15-5-6-17(11-16(15)12-20)26(24,25)21-8-3-4-9-21/h5-6,11,13H,3-4,7-10,12H2,1-2H3,(H,19,22). The summed E-state index contributed by atoms with van der Waals surface area (Å²) in [5.41, 5.74) is 1.93. The first-order chi connectivity index (χ1) is 12.3. The van der Waals surface area contributed by atoms with Gasteiger partial charge >= 0.3 is 0 Å². The summed E-state index contributed by atoms with van der Waals surface area (Å²) in [6.45, 7) is 5.10. The molecule has 0 radical (unpaired) electrons. The highest BCUT2D eigenvalue weighted by molar-refractivity contribution is 7.89. The van der Waals surface area contributed by atoms with E-state index in [2.05, 4.69) is 5.32 Å². The minimum Gasteiger partial charge on any atom is -0.345 e. The molecule has 7 nitrogen and oxygen atoms in total. The van der Waals surface area contributed by atoms with Gasteiger partial charge in [-0.05, 0) is 49.4 Å². The van der Waals surface area contributed by atoms with Crippen molar-refractivity contribution < 1.29 is 18.0 Å². The third-order valence-electron chi connectivity index (χ3n) is 4.99. The van der Waals surface area contributed by atoms with Crippen LogP contribution in [0.25, 0.3) is 0 Å². The highest BCUT2D eigenvalue weighted by atomic mass is 32.2. The molecule has 2 aliphatic rings. The Kier molecular flexibility index (Phi) is 5.34. The Morgan fingerprint density at radius 3 is 2.46 bits per heavy atom. The van der Waals surface area contributed by atoms with Crippen molar-refractivity contribution in [2.24, 2.45) is 0 Å². The zero-order chi connectivity index (χ0) is 18.9. The first-order valence-electron chi connectivity index (χ1n) is 8.97.